The molecule has 1 aliphatic rings. The SMILES string of the molecule is CN=C(NCCc1cccc(F)c1)NC1CCN(c2ccccc2OC)C1. The number of anilines is 1. The summed E-state index contributed by atoms with van der Waals surface area (Å²) < 4.78 is 18.7. The lowest BCUT2D eigenvalue weighted by Gasteiger charge is -2.22. The smallest absolute Gasteiger partial charge is 0.191 e. The van der Waals surface area contributed by atoms with Crippen LogP contribution in [0.25, 0.3) is 0 Å². The molecule has 0 amide bonds. The van der Waals surface area contributed by atoms with E-state index in [0.29, 0.717) is 12.6 Å². The highest BCUT2D eigenvalue weighted by Gasteiger charge is 2.25. The lowest BCUT2D eigenvalue weighted by molar-refractivity contribution is 0.415. The molecule has 5 nitrogen and oxygen atoms in total. The number of methoxy groups -OCH3 is 1. The van der Waals surface area contributed by atoms with Crippen molar-refractivity contribution in [1.29, 1.82) is 0 Å². The van der Waals surface area contributed by atoms with Crippen LogP contribution in [0.15, 0.2) is 53.5 Å². The molecule has 1 saturated heterocycles. The van der Waals surface area contributed by atoms with E-state index in [0.717, 1.165) is 48.9 Å². The van der Waals surface area contributed by atoms with Crippen molar-refractivity contribution in [1.82, 2.24) is 10.6 Å². The predicted molar refractivity (Wildman–Crippen MR) is 108 cm³/mol. The number of hydrogen-bond donors (Lipinski definition) is 2. The predicted octanol–water partition coefficient (Wildman–Crippen LogP) is 2.82. The number of benzene rings is 2. The second-order valence-electron chi connectivity index (χ2n) is 6.63. The van der Waals surface area contributed by atoms with Gasteiger partial charge in [0.25, 0.3) is 0 Å². The van der Waals surface area contributed by atoms with Crippen LogP contribution in [0.3, 0.4) is 0 Å². The van der Waals surface area contributed by atoms with Crippen molar-refractivity contribution in [2.75, 3.05) is 38.7 Å². The third kappa shape index (κ3) is 5.12. The van der Waals surface area contributed by atoms with E-state index in [1.165, 1.54) is 6.07 Å². The molecule has 0 aliphatic carbocycles. The number of aliphatic imine (C=N–C) groups is 1. The topological polar surface area (TPSA) is 48.9 Å². The summed E-state index contributed by atoms with van der Waals surface area (Å²) in [7, 11) is 3.47. The molecule has 2 aromatic rings. The average molecular weight is 370 g/mol. The molecule has 0 bridgehead atoms. The summed E-state index contributed by atoms with van der Waals surface area (Å²) in [5.41, 5.74) is 2.10. The lowest BCUT2D eigenvalue weighted by Crippen LogP contribution is -2.45. The minimum atomic E-state index is -0.197. The molecule has 0 spiro atoms. The monoisotopic (exact) mass is 370 g/mol. The van der Waals surface area contributed by atoms with E-state index in [1.54, 1.807) is 26.3 Å². The van der Waals surface area contributed by atoms with Gasteiger partial charge in [-0.1, -0.05) is 24.3 Å². The minimum absolute atomic E-state index is 0.197. The Bertz CT molecular complexity index is 780. The molecular formula is C21H27FN4O. The van der Waals surface area contributed by atoms with E-state index in [9.17, 15) is 4.39 Å². The third-order valence-electron chi connectivity index (χ3n) is 4.77. The van der Waals surface area contributed by atoms with Gasteiger partial charge in [-0.2, -0.15) is 0 Å². The summed E-state index contributed by atoms with van der Waals surface area (Å²) in [6.45, 7) is 2.56. The van der Waals surface area contributed by atoms with Gasteiger partial charge in [-0.25, -0.2) is 4.39 Å². The normalized spacial score (nSPS) is 17.1. The summed E-state index contributed by atoms with van der Waals surface area (Å²) in [6, 6.07) is 15.1. The average Bonchev–Trinajstić information content (AvgIpc) is 3.15. The summed E-state index contributed by atoms with van der Waals surface area (Å²) in [4.78, 5) is 6.64. The molecule has 0 radical (unpaired) electrons. The molecule has 3 rings (SSSR count). The van der Waals surface area contributed by atoms with E-state index in [4.69, 9.17) is 4.74 Å². The van der Waals surface area contributed by atoms with Gasteiger partial charge in [-0.15, -0.1) is 0 Å². The highest BCUT2D eigenvalue weighted by molar-refractivity contribution is 5.80. The first-order chi connectivity index (χ1) is 13.2. The molecule has 6 heteroatoms. The van der Waals surface area contributed by atoms with E-state index in [1.807, 2.05) is 24.3 Å². The first-order valence-electron chi connectivity index (χ1n) is 9.29. The van der Waals surface area contributed by atoms with Gasteiger partial charge >= 0.3 is 0 Å². The number of guanidine groups is 1. The third-order valence-corrected chi connectivity index (χ3v) is 4.77. The lowest BCUT2D eigenvalue weighted by atomic mass is 10.1. The van der Waals surface area contributed by atoms with E-state index in [2.05, 4.69) is 26.6 Å². The fraction of sp³-hybridized carbons (Fsp3) is 0.381. The molecule has 1 atom stereocenters. The van der Waals surface area contributed by atoms with E-state index in [-0.39, 0.29) is 5.82 Å². The Kier molecular flexibility index (Phi) is 6.52. The fourth-order valence-corrected chi connectivity index (χ4v) is 3.39. The number of nitrogens with zero attached hydrogens (tertiary/aromatic N) is 2. The largest absolute Gasteiger partial charge is 0.495 e. The van der Waals surface area contributed by atoms with Crippen LogP contribution in [0.5, 0.6) is 5.75 Å². The van der Waals surface area contributed by atoms with Gasteiger partial charge < -0.3 is 20.3 Å². The molecule has 27 heavy (non-hydrogen) atoms. The van der Waals surface area contributed by atoms with Crippen molar-refractivity contribution in [3.8, 4) is 5.75 Å². The van der Waals surface area contributed by atoms with Crippen LogP contribution >= 0.6 is 0 Å². The van der Waals surface area contributed by atoms with Gasteiger partial charge in [-0.05, 0) is 42.7 Å². The molecule has 0 saturated carbocycles. The van der Waals surface area contributed by atoms with Gasteiger partial charge in [0.1, 0.15) is 11.6 Å². The van der Waals surface area contributed by atoms with Crippen molar-refractivity contribution < 1.29 is 9.13 Å². The molecule has 1 heterocycles. The van der Waals surface area contributed by atoms with Gasteiger partial charge in [0.05, 0.1) is 12.8 Å². The maximum Gasteiger partial charge on any atom is 0.191 e. The maximum absolute atomic E-state index is 13.3. The molecule has 2 N–H and O–H groups in total. The van der Waals surface area contributed by atoms with Crippen LogP contribution in [0.2, 0.25) is 0 Å². The summed E-state index contributed by atoms with van der Waals surface area (Å²) >= 11 is 0. The van der Waals surface area contributed by atoms with Crippen LogP contribution < -0.4 is 20.3 Å². The minimum Gasteiger partial charge on any atom is -0.495 e. The summed E-state index contributed by atoms with van der Waals surface area (Å²) in [5.74, 6) is 1.48. The number of para-hydroxylation sites is 2. The van der Waals surface area contributed by atoms with Crippen molar-refractivity contribution in [3.05, 3.63) is 59.9 Å². The first kappa shape index (κ1) is 19.0. The Morgan fingerprint density at radius 3 is 2.89 bits per heavy atom. The molecule has 144 valence electrons. The fourth-order valence-electron chi connectivity index (χ4n) is 3.39. The van der Waals surface area contributed by atoms with E-state index < -0.39 is 0 Å². The van der Waals surface area contributed by atoms with Crippen LogP contribution in [0.4, 0.5) is 10.1 Å². The number of nitrogens with one attached hydrogen (secondary N) is 2. The second kappa shape index (κ2) is 9.26. The zero-order valence-electron chi connectivity index (χ0n) is 15.9. The molecule has 2 aromatic carbocycles. The second-order valence-corrected chi connectivity index (χ2v) is 6.63. The molecular weight excluding hydrogens is 343 g/mol. The van der Waals surface area contributed by atoms with E-state index >= 15 is 0 Å². The number of hydrogen-bond acceptors (Lipinski definition) is 3. The Morgan fingerprint density at radius 2 is 2.11 bits per heavy atom. The van der Waals surface area contributed by atoms with Crippen molar-refractivity contribution in [3.63, 3.8) is 0 Å². The number of halogens is 1. The Morgan fingerprint density at radius 1 is 1.26 bits per heavy atom. The van der Waals surface area contributed by atoms with Crippen molar-refractivity contribution in [2.45, 2.75) is 18.9 Å². The highest BCUT2D eigenvalue weighted by Crippen LogP contribution is 2.30. The standard InChI is InChI=1S/C21H27FN4O/c1-23-21(24-12-10-16-6-5-7-17(22)14-16)25-18-11-13-26(15-18)19-8-3-4-9-20(19)27-2/h3-9,14,18H,10-13,15H2,1-2H3,(H2,23,24,25). The Labute approximate surface area is 160 Å². The molecule has 1 unspecified atom stereocenters. The Hall–Kier alpha value is -2.76. The number of ether oxygens (including phenoxy) is 1. The molecule has 1 fully saturated rings. The number of rotatable bonds is 6. The summed E-state index contributed by atoms with van der Waals surface area (Å²) in [5, 5.41) is 6.80. The van der Waals surface area contributed by atoms with Gasteiger partial charge in [-0.3, -0.25) is 4.99 Å². The van der Waals surface area contributed by atoms with Crippen LogP contribution in [0.1, 0.15) is 12.0 Å². The quantitative estimate of drug-likeness (QED) is 0.606. The zero-order valence-corrected chi connectivity index (χ0v) is 15.9. The van der Waals surface area contributed by atoms with Crippen molar-refractivity contribution in [2.24, 2.45) is 4.99 Å². The van der Waals surface area contributed by atoms with Crippen LogP contribution in [-0.4, -0.2) is 45.8 Å². The first-order valence-corrected chi connectivity index (χ1v) is 9.29. The van der Waals surface area contributed by atoms with Crippen LogP contribution in [0, 0.1) is 5.82 Å². The Balaban J connectivity index is 1.49. The molecule has 0 aromatic heterocycles. The zero-order chi connectivity index (χ0) is 19.1. The van der Waals surface area contributed by atoms with Gasteiger partial charge in [0, 0.05) is 32.7 Å². The van der Waals surface area contributed by atoms with Gasteiger partial charge in [0.2, 0.25) is 0 Å². The maximum atomic E-state index is 13.3. The van der Waals surface area contributed by atoms with Crippen LogP contribution in [-0.2, 0) is 6.42 Å². The van der Waals surface area contributed by atoms with Gasteiger partial charge in [0.15, 0.2) is 5.96 Å². The highest BCUT2D eigenvalue weighted by atomic mass is 19.1. The summed E-state index contributed by atoms with van der Waals surface area (Å²) in [6.07, 6.45) is 1.78. The molecule has 1 aliphatic heterocycles. The van der Waals surface area contributed by atoms with Crippen molar-refractivity contribution >= 4 is 11.6 Å².